The summed E-state index contributed by atoms with van der Waals surface area (Å²) in [4.78, 5) is 4.38. The van der Waals surface area contributed by atoms with E-state index in [1.165, 1.54) is 37.8 Å². The first-order chi connectivity index (χ1) is 9.34. The molecule has 1 aromatic heterocycles. The lowest BCUT2D eigenvalue weighted by Gasteiger charge is -2.27. The third kappa shape index (κ3) is 3.00. The lowest BCUT2D eigenvalue weighted by atomic mass is 10.0. The van der Waals surface area contributed by atoms with Gasteiger partial charge in [0, 0.05) is 19.1 Å². The Balaban J connectivity index is 1.75. The highest BCUT2D eigenvalue weighted by molar-refractivity contribution is 5.06. The largest absolute Gasteiger partial charge is 0.369 e. The third-order valence-electron chi connectivity index (χ3n) is 4.57. The van der Waals surface area contributed by atoms with Crippen molar-refractivity contribution in [3.8, 4) is 0 Å². The van der Waals surface area contributed by atoms with Crippen molar-refractivity contribution >= 4 is 0 Å². The predicted molar refractivity (Wildman–Crippen MR) is 75.1 cm³/mol. The molecule has 4 heteroatoms. The molecule has 0 bridgehead atoms. The van der Waals surface area contributed by atoms with Gasteiger partial charge < -0.3 is 14.6 Å². The number of nitrogens with zero attached hydrogens (tertiary/aromatic N) is 2. The summed E-state index contributed by atoms with van der Waals surface area (Å²) in [5, 5.41) is 3.41. The zero-order valence-electron chi connectivity index (χ0n) is 11.8. The van der Waals surface area contributed by atoms with Gasteiger partial charge in [0.25, 0.3) is 0 Å². The summed E-state index contributed by atoms with van der Waals surface area (Å²) in [7, 11) is 0. The van der Waals surface area contributed by atoms with Gasteiger partial charge in [-0.3, -0.25) is 0 Å². The SMILES string of the molecule is CC1CCCC(n2cncc2C2CNCCO2)CC1. The van der Waals surface area contributed by atoms with E-state index in [2.05, 4.69) is 21.8 Å². The van der Waals surface area contributed by atoms with Crippen LogP contribution in [0.15, 0.2) is 12.5 Å². The molecule has 3 rings (SSSR count). The van der Waals surface area contributed by atoms with Crippen LogP contribution in [0.1, 0.15) is 56.9 Å². The molecule has 106 valence electrons. The van der Waals surface area contributed by atoms with Gasteiger partial charge in [0.15, 0.2) is 0 Å². The van der Waals surface area contributed by atoms with Crippen molar-refractivity contribution in [3.05, 3.63) is 18.2 Å². The summed E-state index contributed by atoms with van der Waals surface area (Å²) < 4.78 is 8.27. The van der Waals surface area contributed by atoms with Crippen molar-refractivity contribution < 1.29 is 4.74 Å². The Bertz CT molecular complexity index is 398. The zero-order valence-corrected chi connectivity index (χ0v) is 11.8. The number of imidazole rings is 1. The fourth-order valence-electron chi connectivity index (χ4n) is 3.37. The van der Waals surface area contributed by atoms with Gasteiger partial charge in [0.05, 0.1) is 24.8 Å². The summed E-state index contributed by atoms with van der Waals surface area (Å²) in [5.41, 5.74) is 1.26. The van der Waals surface area contributed by atoms with E-state index in [9.17, 15) is 0 Å². The summed E-state index contributed by atoms with van der Waals surface area (Å²) in [6.45, 7) is 5.06. The van der Waals surface area contributed by atoms with Crippen LogP contribution in [0.25, 0.3) is 0 Å². The number of aromatic nitrogens is 2. The molecule has 1 N–H and O–H groups in total. The minimum atomic E-state index is 0.178. The van der Waals surface area contributed by atoms with Crippen LogP contribution in [-0.2, 0) is 4.74 Å². The summed E-state index contributed by atoms with van der Waals surface area (Å²) in [5.74, 6) is 0.879. The van der Waals surface area contributed by atoms with Gasteiger partial charge in [-0.15, -0.1) is 0 Å². The minimum Gasteiger partial charge on any atom is -0.369 e. The Morgan fingerprint density at radius 3 is 3.11 bits per heavy atom. The van der Waals surface area contributed by atoms with Crippen molar-refractivity contribution in [1.82, 2.24) is 14.9 Å². The topological polar surface area (TPSA) is 39.1 Å². The highest BCUT2D eigenvalue weighted by Gasteiger charge is 2.24. The molecule has 2 heterocycles. The highest BCUT2D eigenvalue weighted by Crippen LogP contribution is 2.32. The van der Waals surface area contributed by atoms with Gasteiger partial charge in [-0.2, -0.15) is 0 Å². The van der Waals surface area contributed by atoms with Gasteiger partial charge in [-0.25, -0.2) is 4.98 Å². The number of nitrogens with one attached hydrogen (secondary N) is 1. The molecule has 1 saturated carbocycles. The van der Waals surface area contributed by atoms with Crippen LogP contribution in [0.3, 0.4) is 0 Å². The molecular formula is C15H25N3O. The Kier molecular flexibility index (Phi) is 4.18. The Morgan fingerprint density at radius 2 is 2.26 bits per heavy atom. The Labute approximate surface area is 115 Å². The average molecular weight is 263 g/mol. The minimum absolute atomic E-state index is 0.178. The molecule has 1 saturated heterocycles. The average Bonchev–Trinajstić information content (AvgIpc) is 2.83. The molecule has 3 atom stereocenters. The molecule has 4 nitrogen and oxygen atoms in total. The van der Waals surface area contributed by atoms with Gasteiger partial charge in [0.1, 0.15) is 6.10 Å². The second-order valence-electron chi connectivity index (χ2n) is 6.06. The maximum Gasteiger partial charge on any atom is 0.111 e. The number of ether oxygens (including phenoxy) is 1. The van der Waals surface area contributed by atoms with Crippen LogP contribution in [0.4, 0.5) is 0 Å². The summed E-state index contributed by atoms with van der Waals surface area (Å²) in [6, 6.07) is 0.618. The molecule has 19 heavy (non-hydrogen) atoms. The highest BCUT2D eigenvalue weighted by atomic mass is 16.5. The molecule has 0 spiro atoms. The van der Waals surface area contributed by atoms with Crippen molar-refractivity contribution in [2.45, 2.75) is 51.2 Å². The molecule has 2 fully saturated rings. The summed E-state index contributed by atoms with van der Waals surface area (Å²) in [6.07, 6.45) is 10.8. The molecular weight excluding hydrogens is 238 g/mol. The molecule has 3 unspecified atom stereocenters. The van der Waals surface area contributed by atoms with Crippen LogP contribution in [0.5, 0.6) is 0 Å². The van der Waals surface area contributed by atoms with Gasteiger partial charge in [0.2, 0.25) is 0 Å². The third-order valence-corrected chi connectivity index (χ3v) is 4.57. The standard InChI is InChI=1S/C15H25N3O/c1-12-3-2-4-13(6-5-12)18-11-17-9-14(18)15-10-16-7-8-19-15/h9,11-13,15-16H,2-8,10H2,1H3. The maximum atomic E-state index is 5.88. The molecule has 1 aromatic rings. The smallest absolute Gasteiger partial charge is 0.111 e. The van der Waals surface area contributed by atoms with Crippen LogP contribution >= 0.6 is 0 Å². The number of rotatable bonds is 2. The maximum absolute atomic E-state index is 5.88. The van der Waals surface area contributed by atoms with E-state index in [1.54, 1.807) is 0 Å². The zero-order chi connectivity index (χ0) is 13.1. The number of hydrogen-bond acceptors (Lipinski definition) is 3. The second kappa shape index (κ2) is 6.06. The van der Waals surface area contributed by atoms with Crippen molar-refractivity contribution in [1.29, 1.82) is 0 Å². The van der Waals surface area contributed by atoms with Gasteiger partial charge >= 0.3 is 0 Å². The molecule has 0 radical (unpaired) electrons. The first kappa shape index (κ1) is 13.1. The lowest BCUT2D eigenvalue weighted by Crippen LogP contribution is -2.34. The van der Waals surface area contributed by atoms with Gasteiger partial charge in [-0.05, 0) is 25.2 Å². The molecule has 2 aliphatic rings. The monoisotopic (exact) mass is 263 g/mol. The number of morpholine rings is 1. The lowest BCUT2D eigenvalue weighted by molar-refractivity contribution is 0.0217. The van der Waals surface area contributed by atoms with Crippen LogP contribution in [-0.4, -0.2) is 29.2 Å². The molecule has 1 aliphatic carbocycles. The van der Waals surface area contributed by atoms with E-state index in [-0.39, 0.29) is 6.10 Å². The molecule has 1 aliphatic heterocycles. The predicted octanol–water partition coefficient (Wildman–Crippen LogP) is 2.69. The Morgan fingerprint density at radius 1 is 1.32 bits per heavy atom. The molecule has 0 aromatic carbocycles. The van der Waals surface area contributed by atoms with Crippen LogP contribution in [0.2, 0.25) is 0 Å². The van der Waals surface area contributed by atoms with Crippen LogP contribution < -0.4 is 5.32 Å². The summed E-state index contributed by atoms with van der Waals surface area (Å²) >= 11 is 0. The van der Waals surface area contributed by atoms with E-state index in [1.807, 2.05) is 12.5 Å². The normalized spacial score (nSPS) is 33.0. The molecule has 0 amide bonds. The van der Waals surface area contributed by atoms with E-state index < -0.39 is 0 Å². The van der Waals surface area contributed by atoms with Gasteiger partial charge in [-0.1, -0.05) is 19.8 Å². The quantitative estimate of drug-likeness (QED) is 0.834. The van der Waals surface area contributed by atoms with Crippen molar-refractivity contribution in [2.75, 3.05) is 19.7 Å². The fraction of sp³-hybridized carbons (Fsp3) is 0.800. The Hall–Kier alpha value is -0.870. The fourth-order valence-corrected chi connectivity index (χ4v) is 3.37. The van der Waals surface area contributed by atoms with Crippen molar-refractivity contribution in [2.24, 2.45) is 5.92 Å². The first-order valence-corrected chi connectivity index (χ1v) is 7.68. The second-order valence-corrected chi connectivity index (χ2v) is 6.06. The number of hydrogen-bond donors (Lipinski definition) is 1. The van der Waals surface area contributed by atoms with E-state index >= 15 is 0 Å². The van der Waals surface area contributed by atoms with E-state index in [0.29, 0.717) is 6.04 Å². The van der Waals surface area contributed by atoms with E-state index in [0.717, 1.165) is 25.6 Å². The van der Waals surface area contributed by atoms with Crippen molar-refractivity contribution in [3.63, 3.8) is 0 Å². The van der Waals surface area contributed by atoms with E-state index in [4.69, 9.17) is 4.74 Å². The first-order valence-electron chi connectivity index (χ1n) is 7.68. The van der Waals surface area contributed by atoms with Crippen LogP contribution in [0, 0.1) is 5.92 Å².